The molecule has 2 heteroatoms. The highest BCUT2D eigenvalue weighted by Gasteiger charge is 2.19. The number of anilines is 1. The normalized spacial score (nSPS) is 14.1. The monoisotopic (exact) mass is 253 g/mol. The molecule has 1 aliphatic heterocycles. The molecule has 0 saturated carbocycles. The molecule has 1 heterocycles. The SMILES string of the molecule is C=C(c1ccc(F)cc1)N1CCCc2ccccc21. The number of para-hydroxylation sites is 1. The van der Waals surface area contributed by atoms with Gasteiger partial charge >= 0.3 is 0 Å². The molecule has 0 unspecified atom stereocenters. The van der Waals surface area contributed by atoms with Crippen molar-refractivity contribution in [2.45, 2.75) is 12.8 Å². The molecule has 0 amide bonds. The van der Waals surface area contributed by atoms with Gasteiger partial charge in [-0.1, -0.05) is 36.9 Å². The standard InChI is InChI=1S/C17H16FN/c1-13(14-8-10-16(18)11-9-14)19-12-4-6-15-5-2-3-7-17(15)19/h2-3,5,7-11H,1,4,6,12H2. The number of nitrogens with zero attached hydrogens (tertiary/aromatic N) is 1. The molecule has 0 aliphatic carbocycles. The van der Waals surface area contributed by atoms with Gasteiger partial charge in [-0.15, -0.1) is 0 Å². The van der Waals surface area contributed by atoms with E-state index in [1.54, 1.807) is 12.1 Å². The highest BCUT2D eigenvalue weighted by atomic mass is 19.1. The molecule has 0 fully saturated rings. The molecule has 19 heavy (non-hydrogen) atoms. The molecule has 0 aromatic heterocycles. The van der Waals surface area contributed by atoms with Crippen molar-refractivity contribution in [2.75, 3.05) is 11.4 Å². The second kappa shape index (κ2) is 4.88. The van der Waals surface area contributed by atoms with Crippen LogP contribution in [-0.4, -0.2) is 6.54 Å². The quantitative estimate of drug-likeness (QED) is 0.773. The van der Waals surface area contributed by atoms with Crippen LogP contribution in [0.1, 0.15) is 17.5 Å². The molecule has 96 valence electrons. The number of fused-ring (bicyclic) bond motifs is 1. The Bertz CT molecular complexity index is 601. The van der Waals surface area contributed by atoms with Crippen LogP contribution < -0.4 is 4.90 Å². The average Bonchev–Trinajstić information content (AvgIpc) is 2.47. The molecule has 0 N–H and O–H groups in total. The van der Waals surface area contributed by atoms with Gasteiger partial charge in [0, 0.05) is 17.9 Å². The zero-order chi connectivity index (χ0) is 13.2. The van der Waals surface area contributed by atoms with E-state index >= 15 is 0 Å². The zero-order valence-electron chi connectivity index (χ0n) is 10.8. The smallest absolute Gasteiger partial charge is 0.123 e. The van der Waals surface area contributed by atoms with E-state index in [-0.39, 0.29) is 5.82 Å². The van der Waals surface area contributed by atoms with Crippen LogP contribution in [0.4, 0.5) is 10.1 Å². The molecule has 0 saturated heterocycles. The Morgan fingerprint density at radius 3 is 2.58 bits per heavy atom. The maximum atomic E-state index is 13.0. The molecular weight excluding hydrogens is 237 g/mol. The van der Waals surface area contributed by atoms with Crippen LogP contribution in [0, 0.1) is 5.82 Å². The van der Waals surface area contributed by atoms with E-state index < -0.39 is 0 Å². The maximum Gasteiger partial charge on any atom is 0.123 e. The van der Waals surface area contributed by atoms with Crippen LogP contribution in [0.5, 0.6) is 0 Å². The van der Waals surface area contributed by atoms with Gasteiger partial charge in [-0.05, 0) is 42.2 Å². The first-order valence-electron chi connectivity index (χ1n) is 6.56. The summed E-state index contributed by atoms with van der Waals surface area (Å²) in [5.74, 6) is -0.212. The van der Waals surface area contributed by atoms with Crippen molar-refractivity contribution in [3.8, 4) is 0 Å². The van der Waals surface area contributed by atoms with Gasteiger partial charge in [0.15, 0.2) is 0 Å². The third-order valence-corrected chi connectivity index (χ3v) is 3.61. The van der Waals surface area contributed by atoms with E-state index in [1.807, 2.05) is 0 Å². The number of hydrogen-bond donors (Lipinski definition) is 0. The lowest BCUT2D eigenvalue weighted by Crippen LogP contribution is -2.27. The summed E-state index contributed by atoms with van der Waals surface area (Å²) in [5.41, 5.74) is 4.49. The highest BCUT2D eigenvalue weighted by molar-refractivity contribution is 5.79. The molecule has 0 bridgehead atoms. The van der Waals surface area contributed by atoms with Gasteiger partial charge in [0.2, 0.25) is 0 Å². The minimum Gasteiger partial charge on any atom is -0.341 e. The fraction of sp³-hybridized carbons (Fsp3) is 0.176. The lowest BCUT2D eigenvalue weighted by Gasteiger charge is -2.32. The molecule has 3 rings (SSSR count). The second-order valence-electron chi connectivity index (χ2n) is 4.84. The van der Waals surface area contributed by atoms with Crippen LogP contribution in [0.3, 0.4) is 0 Å². The molecule has 0 atom stereocenters. The average molecular weight is 253 g/mol. The van der Waals surface area contributed by atoms with Crippen LogP contribution in [-0.2, 0) is 6.42 Å². The van der Waals surface area contributed by atoms with E-state index in [9.17, 15) is 4.39 Å². The summed E-state index contributed by atoms with van der Waals surface area (Å²) in [5, 5.41) is 0. The number of rotatable bonds is 2. The fourth-order valence-corrected chi connectivity index (χ4v) is 2.61. The predicted molar refractivity (Wildman–Crippen MR) is 77.5 cm³/mol. The van der Waals surface area contributed by atoms with Crippen LogP contribution in [0.15, 0.2) is 55.1 Å². The van der Waals surface area contributed by atoms with E-state index in [0.29, 0.717) is 0 Å². The van der Waals surface area contributed by atoms with Crippen molar-refractivity contribution in [3.63, 3.8) is 0 Å². The van der Waals surface area contributed by atoms with Crippen LogP contribution in [0.2, 0.25) is 0 Å². The third kappa shape index (κ3) is 2.26. The van der Waals surface area contributed by atoms with Gasteiger partial charge in [0.05, 0.1) is 0 Å². The Kier molecular flexibility index (Phi) is 3.08. The zero-order valence-corrected chi connectivity index (χ0v) is 10.8. The van der Waals surface area contributed by atoms with Crippen molar-refractivity contribution in [1.29, 1.82) is 0 Å². The van der Waals surface area contributed by atoms with Gasteiger partial charge in [0.1, 0.15) is 5.82 Å². The van der Waals surface area contributed by atoms with E-state index in [1.165, 1.54) is 23.4 Å². The Morgan fingerprint density at radius 1 is 1.05 bits per heavy atom. The Balaban J connectivity index is 1.95. The summed E-state index contributed by atoms with van der Waals surface area (Å²) < 4.78 is 13.0. The third-order valence-electron chi connectivity index (χ3n) is 3.61. The summed E-state index contributed by atoms with van der Waals surface area (Å²) in [6, 6.07) is 15.0. The molecular formula is C17H16FN. The first kappa shape index (κ1) is 12.0. The van der Waals surface area contributed by atoms with Crippen LogP contribution in [0.25, 0.3) is 5.70 Å². The molecule has 0 radical (unpaired) electrons. The Hall–Kier alpha value is -2.09. The first-order valence-corrected chi connectivity index (χ1v) is 6.56. The molecule has 1 aliphatic rings. The molecule has 2 aromatic rings. The summed E-state index contributed by atoms with van der Waals surface area (Å²) in [7, 11) is 0. The van der Waals surface area contributed by atoms with E-state index in [4.69, 9.17) is 0 Å². The largest absolute Gasteiger partial charge is 0.341 e. The topological polar surface area (TPSA) is 3.24 Å². The van der Waals surface area contributed by atoms with Crippen molar-refractivity contribution < 1.29 is 4.39 Å². The van der Waals surface area contributed by atoms with Gasteiger partial charge in [-0.25, -0.2) is 4.39 Å². The highest BCUT2D eigenvalue weighted by Crippen LogP contribution is 2.32. The van der Waals surface area contributed by atoms with E-state index in [0.717, 1.165) is 30.6 Å². The minimum absolute atomic E-state index is 0.212. The number of benzene rings is 2. The molecule has 2 aromatic carbocycles. The predicted octanol–water partition coefficient (Wildman–Crippen LogP) is 4.25. The Labute approximate surface area is 113 Å². The van der Waals surface area contributed by atoms with E-state index in [2.05, 4.69) is 35.7 Å². The van der Waals surface area contributed by atoms with Crippen molar-refractivity contribution >= 4 is 11.4 Å². The molecule has 1 nitrogen and oxygen atoms in total. The summed E-state index contributed by atoms with van der Waals surface area (Å²) >= 11 is 0. The molecule has 0 spiro atoms. The number of halogens is 1. The number of hydrogen-bond acceptors (Lipinski definition) is 1. The van der Waals surface area contributed by atoms with Gasteiger partial charge < -0.3 is 4.90 Å². The van der Waals surface area contributed by atoms with Crippen molar-refractivity contribution in [3.05, 3.63) is 72.1 Å². The lowest BCUT2D eigenvalue weighted by atomic mass is 10.00. The minimum atomic E-state index is -0.212. The lowest BCUT2D eigenvalue weighted by molar-refractivity contribution is 0.627. The number of aryl methyl sites for hydroxylation is 1. The van der Waals surface area contributed by atoms with Gasteiger partial charge in [0.25, 0.3) is 0 Å². The fourth-order valence-electron chi connectivity index (χ4n) is 2.61. The van der Waals surface area contributed by atoms with Crippen molar-refractivity contribution in [2.24, 2.45) is 0 Å². The van der Waals surface area contributed by atoms with Crippen LogP contribution >= 0.6 is 0 Å². The second-order valence-corrected chi connectivity index (χ2v) is 4.84. The Morgan fingerprint density at radius 2 is 1.79 bits per heavy atom. The maximum absolute atomic E-state index is 13.0. The summed E-state index contributed by atoms with van der Waals surface area (Å²) in [6.07, 6.45) is 2.24. The first-order chi connectivity index (χ1) is 9.25. The van der Waals surface area contributed by atoms with Gasteiger partial charge in [-0.2, -0.15) is 0 Å². The van der Waals surface area contributed by atoms with Gasteiger partial charge in [-0.3, -0.25) is 0 Å². The van der Waals surface area contributed by atoms with Crippen molar-refractivity contribution in [1.82, 2.24) is 0 Å². The summed E-state index contributed by atoms with van der Waals surface area (Å²) in [6.45, 7) is 5.15. The summed E-state index contributed by atoms with van der Waals surface area (Å²) in [4.78, 5) is 2.23.